The van der Waals surface area contributed by atoms with E-state index in [2.05, 4.69) is 39.0 Å². The van der Waals surface area contributed by atoms with Gasteiger partial charge >= 0.3 is 0 Å². The van der Waals surface area contributed by atoms with Gasteiger partial charge in [-0.2, -0.15) is 0 Å². The van der Waals surface area contributed by atoms with Crippen LogP contribution in [-0.4, -0.2) is 18.3 Å². The molecular formula is C18H24O2. The number of hydrogen-bond acceptors (Lipinski definition) is 2. The van der Waals surface area contributed by atoms with E-state index in [9.17, 15) is 5.11 Å². The van der Waals surface area contributed by atoms with Crippen LogP contribution in [0.15, 0.2) is 29.8 Å². The van der Waals surface area contributed by atoms with E-state index in [1.54, 1.807) is 7.11 Å². The number of fused-ring (bicyclic) bond motifs is 2. The van der Waals surface area contributed by atoms with Crippen LogP contribution in [-0.2, 0) is 0 Å². The largest absolute Gasteiger partial charge is 0.497 e. The first kappa shape index (κ1) is 13.7. The van der Waals surface area contributed by atoms with Crippen LogP contribution in [0.3, 0.4) is 0 Å². The molecule has 0 unspecified atom stereocenters. The minimum Gasteiger partial charge on any atom is -0.497 e. The average molecular weight is 272 g/mol. The Bertz CT molecular complexity index is 541. The Morgan fingerprint density at radius 2 is 1.85 bits per heavy atom. The lowest BCUT2D eigenvalue weighted by molar-refractivity contribution is 0.0264. The van der Waals surface area contributed by atoms with Gasteiger partial charge in [0.15, 0.2) is 0 Å². The third-order valence-corrected chi connectivity index (χ3v) is 6.07. The van der Waals surface area contributed by atoms with Crippen LogP contribution in [0.1, 0.15) is 39.2 Å². The normalized spacial score (nSPS) is 36.5. The van der Waals surface area contributed by atoms with Crippen LogP contribution >= 0.6 is 0 Å². The van der Waals surface area contributed by atoms with Crippen LogP contribution < -0.4 is 4.74 Å². The minimum atomic E-state index is -0.307. The molecule has 0 amide bonds. The highest BCUT2D eigenvalue weighted by atomic mass is 16.5. The zero-order valence-electron chi connectivity index (χ0n) is 12.8. The Labute approximate surface area is 121 Å². The number of methoxy groups -OCH3 is 1. The summed E-state index contributed by atoms with van der Waals surface area (Å²) in [4.78, 5) is 0. The van der Waals surface area contributed by atoms with Crippen molar-refractivity contribution in [3.05, 3.63) is 35.4 Å². The van der Waals surface area contributed by atoms with Crippen molar-refractivity contribution in [1.29, 1.82) is 0 Å². The highest BCUT2D eigenvalue weighted by Gasteiger charge is 2.63. The number of hydrogen-bond donors (Lipinski definition) is 1. The number of benzene rings is 1. The Morgan fingerprint density at radius 1 is 1.20 bits per heavy atom. The molecule has 3 rings (SSSR count). The van der Waals surface area contributed by atoms with Gasteiger partial charge in [-0.05, 0) is 47.4 Å². The van der Waals surface area contributed by atoms with Gasteiger partial charge < -0.3 is 9.84 Å². The topological polar surface area (TPSA) is 29.5 Å². The number of rotatable bonds is 2. The van der Waals surface area contributed by atoms with Crippen molar-refractivity contribution in [3.63, 3.8) is 0 Å². The second kappa shape index (κ2) is 4.36. The van der Waals surface area contributed by atoms with Crippen molar-refractivity contribution < 1.29 is 9.84 Å². The summed E-state index contributed by atoms with van der Waals surface area (Å²) in [5.41, 5.74) is 2.57. The summed E-state index contributed by atoms with van der Waals surface area (Å²) in [5, 5.41) is 10.7. The lowest BCUT2D eigenvalue weighted by Gasteiger charge is -2.36. The molecule has 108 valence electrons. The first-order valence-corrected chi connectivity index (χ1v) is 7.44. The van der Waals surface area contributed by atoms with Crippen molar-refractivity contribution >= 4 is 6.08 Å². The fourth-order valence-corrected chi connectivity index (χ4v) is 4.23. The second-order valence-corrected chi connectivity index (χ2v) is 7.05. The Balaban J connectivity index is 1.96. The third-order valence-electron chi connectivity index (χ3n) is 6.07. The summed E-state index contributed by atoms with van der Waals surface area (Å²) in [6.07, 6.45) is 4.20. The predicted octanol–water partition coefficient (Wildman–Crippen LogP) is 3.90. The number of ether oxygens (including phenoxy) is 1. The monoisotopic (exact) mass is 272 g/mol. The molecule has 0 radical (unpaired) electrons. The first-order valence-electron chi connectivity index (χ1n) is 7.44. The van der Waals surface area contributed by atoms with E-state index in [4.69, 9.17) is 4.74 Å². The maximum atomic E-state index is 10.7. The van der Waals surface area contributed by atoms with Gasteiger partial charge in [0.25, 0.3) is 0 Å². The molecule has 2 fully saturated rings. The number of aliphatic hydroxyl groups is 1. The maximum absolute atomic E-state index is 10.7. The number of aliphatic hydroxyl groups excluding tert-OH is 1. The van der Waals surface area contributed by atoms with Crippen molar-refractivity contribution in [3.8, 4) is 5.75 Å². The lowest BCUT2D eigenvalue weighted by atomic mass is 9.70. The molecule has 2 bridgehead atoms. The van der Waals surface area contributed by atoms with Crippen molar-refractivity contribution in [1.82, 2.24) is 0 Å². The van der Waals surface area contributed by atoms with Crippen LogP contribution in [0, 0.1) is 16.7 Å². The van der Waals surface area contributed by atoms with Crippen molar-refractivity contribution in [2.24, 2.45) is 16.7 Å². The second-order valence-electron chi connectivity index (χ2n) is 7.05. The van der Waals surface area contributed by atoms with Gasteiger partial charge in [-0.15, -0.1) is 0 Å². The zero-order valence-corrected chi connectivity index (χ0v) is 12.8. The van der Waals surface area contributed by atoms with Gasteiger partial charge in [-0.1, -0.05) is 39.0 Å². The summed E-state index contributed by atoms with van der Waals surface area (Å²) < 4.78 is 5.19. The molecule has 0 saturated heterocycles. The third kappa shape index (κ3) is 1.67. The van der Waals surface area contributed by atoms with Gasteiger partial charge in [0.2, 0.25) is 0 Å². The van der Waals surface area contributed by atoms with E-state index in [0.717, 1.165) is 17.7 Å². The SMILES string of the molecule is COc1ccc(/C=C2/[C@@H]3CC[C@](C)([C@H]2O)C3(C)C)cc1. The summed E-state index contributed by atoms with van der Waals surface area (Å²) in [7, 11) is 1.68. The first-order chi connectivity index (χ1) is 9.40. The average Bonchev–Trinajstić information content (AvgIpc) is 2.74. The molecule has 3 atom stereocenters. The fourth-order valence-electron chi connectivity index (χ4n) is 4.23. The van der Waals surface area contributed by atoms with Gasteiger partial charge in [-0.25, -0.2) is 0 Å². The van der Waals surface area contributed by atoms with Crippen molar-refractivity contribution in [2.45, 2.75) is 39.7 Å². The van der Waals surface area contributed by atoms with Gasteiger partial charge in [-0.3, -0.25) is 0 Å². The van der Waals surface area contributed by atoms with E-state index in [1.807, 2.05) is 12.1 Å². The molecule has 2 aliphatic carbocycles. The van der Waals surface area contributed by atoms with Gasteiger partial charge in [0.1, 0.15) is 5.75 Å². The predicted molar refractivity (Wildman–Crippen MR) is 81.6 cm³/mol. The molecule has 2 heteroatoms. The molecule has 1 aromatic rings. The molecule has 0 spiro atoms. The summed E-state index contributed by atoms with van der Waals surface area (Å²) in [5.74, 6) is 1.37. The summed E-state index contributed by atoms with van der Waals surface area (Å²) >= 11 is 0. The maximum Gasteiger partial charge on any atom is 0.118 e. The highest BCUT2D eigenvalue weighted by Crippen LogP contribution is 2.67. The Morgan fingerprint density at radius 3 is 2.35 bits per heavy atom. The Kier molecular flexibility index (Phi) is 2.98. The molecule has 0 aliphatic heterocycles. The Hall–Kier alpha value is -1.28. The molecule has 2 aliphatic rings. The minimum absolute atomic E-state index is 0.0238. The molecule has 0 aromatic heterocycles. The van der Waals surface area contributed by atoms with Crippen LogP contribution in [0.25, 0.3) is 6.08 Å². The van der Waals surface area contributed by atoms with E-state index in [1.165, 1.54) is 12.0 Å². The lowest BCUT2D eigenvalue weighted by Crippen LogP contribution is -2.35. The highest BCUT2D eigenvalue weighted by molar-refractivity contribution is 5.58. The molecule has 1 N–H and O–H groups in total. The zero-order chi connectivity index (χ0) is 14.5. The van der Waals surface area contributed by atoms with Crippen LogP contribution in [0.4, 0.5) is 0 Å². The molecular weight excluding hydrogens is 248 g/mol. The smallest absolute Gasteiger partial charge is 0.118 e. The summed E-state index contributed by atoms with van der Waals surface area (Å²) in [6, 6.07) is 8.05. The van der Waals surface area contributed by atoms with E-state index < -0.39 is 0 Å². The van der Waals surface area contributed by atoms with Crippen LogP contribution in [0.2, 0.25) is 0 Å². The van der Waals surface area contributed by atoms with Crippen molar-refractivity contribution in [2.75, 3.05) is 7.11 Å². The van der Waals surface area contributed by atoms with E-state index in [-0.39, 0.29) is 16.9 Å². The molecule has 1 aromatic carbocycles. The fraction of sp³-hybridized carbons (Fsp3) is 0.556. The quantitative estimate of drug-likeness (QED) is 0.885. The molecule has 20 heavy (non-hydrogen) atoms. The summed E-state index contributed by atoms with van der Waals surface area (Å²) in [6.45, 7) is 6.86. The van der Waals surface area contributed by atoms with Gasteiger partial charge in [0, 0.05) is 5.41 Å². The van der Waals surface area contributed by atoms with Crippen LogP contribution in [0.5, 0.6) is 5.75 Å². The van der Waals surface area contributed by atoms with E-state index >= 15 is 0 Å². The molecule has 0 heterocycles. The van der Waals surface area contributed by atoms with E-state index in [0.29, 0.717) is 5.92 Å². The molecule has 2 nitrogen and oxygen atoms in total. The van der Waals surface area contributed by atoms with Gasteiger partial charge in [0.05, 0.1) is 13.2 Å². The standard InChI is InChI=1S/C18H24O2/c1-17(2)15-9-10-18(17,3)16(19)14(15)11-12-5-7-13(20-4)8-6-12/h5-8,11,15-16,19H,9-10H2,1-4H3/b14-11-/t15-,16-,18+/m0/s1. The molecule has 2 saturated carbocycles.